The molecular weight excluding hydrogens is 711 g/mol. The molecule has 4 N–H and O–H groups in total. The number of aromatic nitrogens is 6. The number of hydrogen-bond donors (Lipinski definition) is 2. The smallest absolute Gasteiger partial charge is 0.416 e. The van der Waals surface area contributed by atoms with Crippen LogP contribution in [0.25, 0.3) is 11.4 Å². The predicted molar refractivity (Wildman–Crippen MR) is 183 cm³/mol. The molecular formula is C33H35ClF3N9O6. The second-order valence-corrected chi connectivity index (χ2v) is 13.3. The van der Waals surface area contributed by atoms with Gasteiger partial charge in [-0.3, -0.25) is 19.0 Å². The minimum Gasteiger partial charge on any atom is -0.504 e. The topological polar surface area (TPSA) is 192 Å². The van der Waals surface area contributed by atoms with E-state index in [0.717, 1.165) is 23.8 Å². The average Bonchev–Trinajstić information content (AvgIpc) is 3.69. The number of carbonyl (C=O) groups is 2. The number of aryl methyl sites for hydroxylation is 1. The average molecular weight is 746 g/mol. The van der Waals surface area contributed by atoms with Crippen LogP contribution in [0.3, 0.4) is 0 Å². The first-order valence-electron chi connectivity index (χ1n) is 16.3. The molecule has 1 saturated heterocycles. The number of nitrogens with zero attached hydrogens (tertiary/aromatic N) is 8. The van der Waals surface area contributed by atoms with Gasteiger partial charge in [-0.1, -0.05) is 24.6 Å². The maximum Gasteiger partial charge on any atom is 0.416 e. The molecule has 1 fully saturated rings. The summed E-state index contributed by atoms with van der Waals surface area (Å²) >= 11 is 6.19. The first-order valence-corrected chi connectivity index (χ1v) is 16.7. The van der Waals surface area contributed by atoms with Crippen molar-refractivity contribution in [3.63, 3.8) is 0 Å². The summed E-state index contributed by atoms with van der Waals surface area (Å²) in [6, 6.07) is 1.34. The van der Waals surface area contributed by atoms with Crippen LogP contribution in [-0.2, 0) is 15.7 Å². The fourth-order valence-electron chi connectivity index (χ4n) is 6.98. The van der Waals surface area contributed by atoms with Crippen molar-refractivity contribution >= 4 is 46.1 Å². The van der Waals surface area contributed by atoms with E-state index in [1.807, 2.05) is 24.8 Å². The van der Waals surface area contributed by atoms with E-state index in [9.17, 15) is 32.7 Å². The molecule has 19 heteroatoms. The fourth-order valence-corrected chi connectivity index (χ4v) is 7.20. The number of alkyl halides is 3. The molecule has 0 aliphatic carbocycles. The number of hydrogen-bond acceptors (Lipinski definition) is 10. The number of rotatable bonds is 5. The van der Waals surface area contributed by atoms with Gasteiger partial charge < -0.3 is 30.4 Å². The number of fused-ring (bicyclic) bond motifs is 3. The third kappa shape index (κ3) is 6.34. The summed E-state index contributed by atoms with van der Waals surface area (Å²) in [6.45, 7) is 6.75. The highest BCUT2D eigenvalue weighted by Gasteiger charge is 2.42. The Kier molecular flexibility index (Phi) is 9.75. The van der Waals surface area contributed by atoms with Crippen molar-refractivity contribution in [2.24, 2.45) is 0 Å². The van der Waals surface area contributed by atoms with E-state index in [4.69, 9.17) is 21.3 Å². The molecule has 3 aromatic heterocycles. The highest BCUT2D eigenvalue weighted by molar-refractivity contribution is 6.33. The minimum atomic E-state index is -4.61. The van der Waals surface area contributed by atoms with Crippen molar-refractivity contribution in [2.75, 3.05) is 43.1 Å². The maximum absolute atomic E-state index is 14.4. The number of benzene rings is 1. The number of piperazine rings is 1. The van der Waals surface area contributed by atoms with Gasteiger partial charge in [-0.05, 0) is 50.5 Å². The summed E-state index contributed by atoms with van der Waals surface area (Å²) in [5.41, 5.74) is 0.392. The molecule has 0 spiro atoms. The van der Waals surface area contributed by atoms with Crippen molar-refractivity contribution in [3.05, 3.63) is 74.4 Å². The Balaban J connectivity index is 0.00000464. The van der Waals surface area contributed by atoms with Gasteiger partial charge in [-0.2, -0.15) is 22.7 Å². The van der Waals surface area contributed by atoms with Crippen LogP contribution in [0.1, 0.15) is 71.9 Å². The Morgan fingerprint density at radius 3 is 2.60 bits per heavy atom. The van der Waals surface area contributed by atoms with Gasteiger partial charge >= 0.3 is 6.18 Å². The molecule has 1 aromatic carbocycles. The predicted octanol–water partition coefficient (Wildman–Crippen LogP) is 3.38. The molecule has 0 bridgehead atoms. The van der Waals surface area contributed by atoms with Crippen molar-refractivity contribution < 1.29 is 38.1 Å². The van der Waals surface area contributed by atoms with Crippen LogP contribution in [0.2, 0.25) is 5.02 Å². The Morgan fingerprint density at radius 1 is 1.15 bits per heavy atom. The quantitative estimate of drug-likeness (QED) is 0.306. The van der Waals surface area contributed by atoms with Crippen molar-refractivity contribution in [2.45, 2.75) is 57.8 Å². The van der Waals surface area contributed by atoms with E-state index < -0.39 is 41.2 Å². The molecule has 3 atom stereocenters. The van der Waals surface area contributed by atoms with E-state index in [1.165, 1.54) is 10.8 Å². The number of nitrogens with one attached hydrogen (secondary N) is 1. The molecule has 276 valence electrons. The second kappa shape index (κ2) is 13.8. The lowest BCUT2D eigenvalue weighted by atomic mass is 10.0. The van der Waals surface area contributed by atoms with Gasteiger partial charge in [0.1, 0.15) is 18.1 Å². The summed E-state index contributed by atoms with van der Waals surface area (Å²) in [4.78, 5) is 57.9. The van der Waals surface area contributed by atoms with E-state index >= 15 is 0 Å². The Labute approximate surface area is 299 Å². The Bertz CT molecular complexity index is 2170. The van der Waals surface area contributed by atoms with Gasteiger partial charge in [0.2, 0.25) is 11.7 Å². The molecule has 0 radical (unpaired) electrons. The lowest BCUT2D eigenvalue weighted by Gasteiger charge is -2.41. The van der Waals surface area contributed by atoms with E-state index in [0.29, 0.717) is 36.8 Å². The van der Waals surface area contributed by atoms with Crippen LogP contribution >= 0.6 is 11.6 Å². The summed E-state index contributed by atoms with van der Waals surface area (Å²) < 4.78 is 48.1. The van der Waals surface area contributed by atoms with Gasteiger partial charge in [0.05, 0.1) is 40.9 Å². The zero-order valence-electron chi connectivity index (χ0n) is 28.2. The molecule has 2 amide bonds. The zero-order chi connectivity index (χ0) is 36.4. The molecule has 6 heterocycles. The van der Waals surface area contributed by atoms with Crippen LogP contribution in [0.5, 0.6) is 5.75 Å². The Morgan fingerprint density at radius 2 is 1.92 bits per heavy atom. The van der Waals surface area contributed by atoms with Gasteiger partial charge in [-0.15, -0.1) is 5.10 Å². The first-order chi connectivity index (χ1) is 24.2. The SMILES string of the molecule is Cc1ncnc(C(=O)N2CCN(c3c4n(c5nc(C6=CCOCC6)nn5c3=O)[C@@H](C(=O)Nc3ccc(C(F)(F)F)cc3Cl)C[C@H]4C)C[C@H]2C)c1O.O. The third-order valence-electron chi connectivity index (χ3n) is 9.58. The van der Waals surface area contributed by atoms with Crippen molar-refractivity contribution in [3.8, 4) is 5.75 Å². The minimum absolute atomic E-state index is 0. The summed E-state index contributed by atoms with van der Waals surface area (Å²) in [6.07, 6.45) is -0.798. The van der Waals surface area contributed by atoms with Crippen LogP contribution in [0.4, 0.5) is 24.5 Å². The lowest BCUT2D eigenvalue weighted by Crippen LogP contribution is -2.55. The maximum atomic E-state index is 14.4. The Hall–Kier alpha value is -5.07. The van der Waals surface area contributed by atoms with Crippen LogP contribution < -0.4 is 15.8 Å². The van der Waals surface area contributed by atoms with Gasteiger partial charge in [0.25, 0.3) is 11.5 Å². The fraction of sp³-hybridized carbons (Fsp3) is 0.424. The van der Waals surface area contributed by atoms with Crippen LogP contribution in [0, 0.1) is 6.92 Å². The van der Waals surface area contributed by atoms with Crippen LogP contribution in [0.15, 0.2) is 35.4 Å². The van der Waals surface area contributed by atoms with E-state index in [2.05, 4.69) is 20.4 Å². The van der Waals surface area contributed by atoms with Gasteiger partial charge in [-0.25, -0.2) is 9.97 Å². The molecule has 15 nitrogen and oxygen atoms in total. The number of ether oxygens (including phenoxy) is 1. The van der Waals surface area contributed by atoms with Gasteiger partial charge in [0.15, 0.2) is 17.3 Å². The first kappa shape index (κ1) is 36.7. The zero-order valence-corrected chi connectivity index (χ0v) is 29.0. The molecule has 52 heavy (non-hydrogen) atoms. The van der Waals surface area contributed by atoms with Gasteiger partial charge in [0, 0.05) is 31.6 Å². The molecule has 0 saturated carbocycles. The number of carbonyl (C=O) groups excluding carboxylic acids is 2. The number of anilines is 2. The molecule has 3 aliphatic rings. The van der Waals surface area contributed by atoms with Crippen LogP contribution in [-0.4, -0.2) is 95.3 Å². The van der Waals surface area contributed by atoms with Crippen molar-refractivity contribution in [1.29, 1.82) is 0 Å². The number of aromatic hydroxyl groups is 1. The molecule has 3 aliphatic heterocycles. The van der Waals surface area contributed by atoms with E-state index in [1.54, 1.807) is 16.4 Å². The van der Waals surface area contributed by atoms with E-state index in [-0.39, 0.29) is 71.1 Å². The highest BCUT2D eigenvalue weighted by Crippen LogP contribution is 2.43. The normalized spacial score (nSPS) is 20.4. The second-order valence-electron chi connectivity index (χ2n) is 12.9. The number of halogens is 4. The van der Waals surface area contributed by atoms with Crippen molar-refractivity contribution in [1.82, 2.24) is 34.0 Å². The molecule has 4 aromatic rings. The largest absolute Gasteiger partial charge is 0.504 e. The number of amides is 2. The summed E-state index contributed by atoms with van der Waals surface area (Å²) in [5.74, 6) is -1.21. The third-order valence-corrected chi connectivity index (χ3v) is 9.89. The summed E-state index contributed by atoms with van der Waals surface area (Å²) in [7, 11) is 0. The lowest BCUT2D eigenvalue weighted by molar-refractivity contribution is -0.137. The summed E-state index contributed by atoms with van der Waals surface area (Å²) in [5, 5.41) is 17.5. The molecule has 0 unspecified atom stereocenters. The highest BCUT2D eigenvalue weighted by atomic mass is 35.5. The standard InChI is InChI=1S/C33H33ClF3N9O5.H2O/c1-16-12-23(29(48)40-22-5-4-20(13-21(22)34)33(35,36)37)45-25(16)26(31(50)46-32(45)41-28(42-46)19-6-10-51-11-7-19)43-8-9-44(17(2)14-43)30(49)24-27(47)18(3)38-15-39-24;/h4-6,13,15-17,23,47H,7-12,14H2,1-3H3,(H,40,48);1H2/t16-,17-,23-;/m1./s1. The molecule has 7 rings (SSSR count). The monoisotopic (exact) mass is 745 g/mol.